The molecule has 0 radical (unpaired) electrons. The fourth-order valence-electron chi connectivity index (χ4n) is 1.15. The number of Topliss-reactive ketones (excluding diaryl/α,β-unsaturated/α-hetero) is 1. The van der Waals surface area contributed by atoms with Crippen molar-refractivity contribution in [2.45, 2.75) is 6.42 Å². The topological polar surface area (TPSA) is 46.5 Å². The summed E-state index contributed by atoms with van der Waals surface area (Å²) in [5, 5.41) is 0. The van der Waals surface area contributed by atoms with Gasteiger partial charge in [0.2, 0.25) is 0 Å². The van der Waals surface area contributed by atoms with Gasteiger partial charge in [0, 0.05) is 17.9 Å². The van der Waals surface area contributed by atoms with E-state index in [1.165, 1.54) is 12.3 Å². The van der Waals surface area contributed by atoms with Crippen LogP contribution in [0, 0.1) is 0 Å². The van der Waals surface area contributed by atoms with E-state index in [1.54, 1.807) is 6.08 Å². The van der Waals surface area contributed by atoms with Gasteiger partial charge in [-0.1, -0.05) is 0 Å². The lowest BCUT2D eigenvalue weighted by molar-refractivity contribution is -0.122. The predicted octanol–water partition coefficient (Wildman–Crippen LogP) is 0.423. The van der Waals surface area contributed by atoms with Gasteiger partial charge >= 0.3 is 0 Å². The zero-order chi connectivity index (χ0) is 7.84. The Morgan fingerprint density at radius 2 is 2.18 bits per heavy atom. The van der Waals surface area contributed by atoms with Crippen LogP contribution in [0.1, 0.15) is 6.42 Å². The largest absolute Gasteiger partial charge is 0.294 e. The summed E-state index contributed by atoms with van der Waals surface area (Å²) < 4.78 is 0. The highest BCUT2D eigenvalue weighted by molar-refractivity contribution is 6.19. The van der Waals surface area contributed by atoms with E-state index in [1.807, 2.05) is 0 Å². The van der Waals surface area contributed by atoms with Gasteiger partial charge in [0.1, 0.15) is 0 Å². The third-order valence-electron chi connectivity index (χ3n) is 1.66. The zero-order valence-corrected chi connectivity index (χ0v) is 5.70. The van der Waals surface area contributed by atoms with Crippen molar-refractivity contribution in [2.75, 3.05) is 0 Å². The first-order chi connectivity index (χ1) is 5.27. The maximum atomic E-state index is 11.1. The fraction of sp³-hybridized carbons (Fsp3) is 0.125. The van der Waals surface area contributed by atoms with Crippen LogP contribution in [0.5, 0.6) is 0 Å². The molecule has 54 valence electrons. The minimum atomic E-state index is -0.152. The number of aliphatic imine (C=N–C) groups is 1. The van der Waals surface area contributed by atoms with Crippen LogP contribution < -0.4 is 0 Å². The first-order valence-corrected chi connectivity index (χ1v) is 3.30. The summed E-state index contributed by atoms with van der Waals surface area (Å²) in [4.78, 5) is 25.8. The SMILES string of the molecule is O=C1C=C2N=CC=C2C(=O)C1. The minimum Gasteiger partial charge on any atom is -0.294 e. The standard InChI is InChI=1S/C8H5NO2/c10-5-3-7-6(1-2-9-7)8(11)4-5/h1-3H,4H2. The molecule has 0 N–H and O–H groups in total. The summed E-state index contributed by atoms with van der Waals surface area (Å²) in [5.74, 6) is -0.272. The molecule has 2 aliphatic rings. The van der Waals surface area contributed by atoms with Gasteiger partial charge in [0.15, 0.2) is 11.6 Å². The predicted molar refractivity (Wildman–Crippen MR) is 39.3 cm³/mol. The quantitative estimate of drug-likeness (QED) is 0.466. The number of hydrogen-bond donors (Lipinski definition) is 0. The van der Waals surface area contributed by atoms with Crippen LogP contribution >= 0.6 is 0 Å². The number of fused-ring (bicyclic) bond motifs is 1. The lowest BCUT2D eigenvalue weighted by Crippen LogP contribution is -2.14. The molecule has 0 aromatic rings. The fourth-order valence-corrected chi connectivity index (χ4v) is 1.15. The molecule has 0 aromatic carbocycles. The first-order valence-electron chi connectivity index (χ1n) is 3.30. The third-order valence-corrected chi connectivity index (χ3v) is 1.66. The molecule has 0 amide bonds. The van der Waals surface area contributed by atoms with E-state index in [2.05, 4.69) is 4.99 Å². The molecule has 0 fully saturated rings. The van der Waals surface area contributed by atoms with Gasteiger partial charge in [-0.15, -0.1) is 0 Å². The van der Waals surface area contributed by atoms with E-state index in [9.17, 15) is 9.59 Å². The molecule has 1 heterocycles. The molecule has 0 saturated heterocycles. The summed E-state index contributed by atoms with van der Waals surface area (Å²) in [6.45, 7) is 0. The Morgan fingerprint density at radius 3 is 3.00 bits per heavy atom. The van der Waals surface area contributed by atoms with Crippen molar-refractivity contribution >= 4 is 17.8 Å². The molecule has 0 saturated carbocycles. The summed E-state index contributed by atoms with van der Waals surface area (Å²) in [5.41, 5.74) is 1.09. The molecule has 1 aliphatic heterocycles. The Morgan fingerprint density at radius 1 is 1.36 bits per heavy atom. The average Bonchev–Trinajstić information content (AvgIpc) is 2.34. The van der Waals surface area contributed by atoms with Crippen LogP contribution in [0.2, 0.25) is 0 Å². The molecular weight excluding hydrogens is 142 g/mol. The Labute approximate surface area is 63.1 Å². The van der Waals surface area contributed by atoms with Crippen LogP contribution in [-0.4, -0.2) is 17.8 Å². The van der Waals surface area contributed by atoms with Crippen molar-refractivity contribution in [3.05, 3.63) is 23.4 Å². The molecule has 0 spiro atoms. The Hall–Kier alpha value is -1.51. The van der Waals surface area contributed by atoms with E-state index in [4.69, 9.17) is 0 Å². The summed E-state index contributed by atoms with van der Waals surface area (Å²) in [7, 11) is 0. The van der Waals surface area contributed by atoms with Crippen LogP contribution in [0.25, 0.3) is 0 Å². The number of hydrogen-bond acceptors (Lipinski definition) is 3. The number of carbonyl (C=O) groups excluding carboxylic acids is 2. The lowest BCUT2D eigenvalue weighted by Gasteiger charge is -2.06. The second kappa shape index (κ2) is 1.99. The van der Waals surface area contributed by atoms with E-state index >= 15 is 0 Å². The van der Waals surface area contributed by atoms with E-state index in [-0.39, 0.29) is 18.0 Å². The van der Waals surface area contributed by atoms with Crippen molar-refractivity contribution < 1.29 is 9.59 Å². The number of rotatable bonds is 0. The van der Waals surface area contributed by atoms with Crippen molar-refractivity contribution in [1.82, 2.24) is 0 Å². The van der Waals surface area contributed by atoms with Crippen molar-refractivity contribution in [1.29, 1.82) is 0 Å². The normalized spacial score (nSPS) is 21.5. The second-order valence-electron chi connectivity index (χ2n) is 2.45. The molecule has 1 aliphatic carbocycles. The molecule has 3 heteroatoms. The van der Waals surface area contributed by atoms with Gasteiger partial charge in [-0.05, 0) is 6.08 Å². The van der Waals surface area contributed by atoms with Gasteiger partial charge in [0.05, 0.1) is 12.1 Å². The summed E-state index contributed by atoms with van der Waals surface area (Å²) >= 11 is 0. The zero-order valence-electron chi connectivity index (χ0n) is 5.70. The van der Waals surface area contributed by atoms with Gasteiger partial charge in [-0.3, -0.25) is 14.6 Å². The summed E-state index contributed by atoms with van der Waals surface area (Å²) in [6, 6.07) is 0. The van der Waals surface area contributed by atoms with E-state index in [0.717, 1.165) is 0 Å². The maximum Gasteiger partial charge on any atom is 0.172 e. The Bertz CT molecular complexity index is 334. The number of ketones is 2. The van der Waals surface area contributed by atoms with Gasteiger partial charge < -0.3 is 0 Å². The number of nitrogens with zero attached hydrogens (tertiary/aromatic N) is 1. The molecule has 11 heavy (non-hydrogen) atoms. The highest BCUT2D eigenvalue weighted by atomic mass is 16.1. The van der Waals surface area contributed by atoms with E-state index < -0.39 is 0 Å². The molecular formula is C8H5NO2. The number of carbonyl (C=O) groups is 2. The van der Waals surface area contributed by atoms with Crippen LogP contribution in [-0.2, 0) is 9.59 Å². The van der Waals surface area contributed by atoms with Gasteiger partial charge in [-0.2, -0.15) is 0 Å². The highest BCUT2D eigenvalue weighted by Crippen LogP contribution is 2.22. The van der Waals surface area contributed by atoms with Crippen LogP contribution in [0.15, 0.2) is 28.4 Å². The number of allylic oxidation sites excluding steroid dienone is 3. The molecule has 2 rings (SSSR count). The molecule has 3 nitrogen and oxygen atoms in total. The molecule has 0 atom stereocenters. The second-order valence-corrected chi connectivity index (χ2v) is 2.45. The first kappa shape index (κ1) is 6.22. The Kier molecular flexibility index (Phi) is 1.12. The molecule has 0 bridgehead atoms. The van der Waals surface area contributed by atoms with Crippen LogP contribution in [0.4, 0.5) is 0 Å². The van der Waals surface area contributed by atoms with Crippen molar-refractivity contribution in [3.8, 4) is 0 Å². The van der Waals surface area contributed by atoms with Gasteiger partial charge in [-0.25, -0.2) is 0 Å². The van der Waals surface area contributed by atoms with E-state index in [0.29, 0.717) is 11.3 Å². The minimum absolute atomic E-state index is 0.00130. The third kappa shape index (κ3) is 0.852. The highest BCUT2D eigenvalue weighted by Gasteiger charge is 2.24. The van der Waals surface area contributed by atoms with Crippen LogP contribution in [0.3, 0.4) is 0 Å². The monoisotopic (exact) mass is 147 g/mol. The lowest BCUT2D eigenvalue weighted by atomic mass is 9.98. The van der Waals surface area contributed by atoms with Crippen molar-refractivity contribution in [3.63, 3.8) is 0 Å². The smallest absolute Gasteiger partial charge is 0.172 e. The average molecular weight is 147 g/mol. The Balaban J connectivity index is 2.53. The van der Waals surface area contributed by atoms with Gasteiger partial charge in [0.25, 0.3) is 0 Å². The maximum absolute atomic E-state index is 11.1. The molecule has 0 aromatic heterocycles. The van der Waals surface area contributed by atoms with Crippen molar-refractivity contribution in [2.24, 2.45) is 4.99 Å². The summed E-state index contributed by atoms with van der Waals surface area (Å²) in [6.07, 6.45) is 4.59. The molecule has 0 unspecified atom stereocenters.